The first kappa shape index (κ1) is 12.5. The summed E-state index contributed by atoms with van der Waals surface area (Å²) in [6, 6.07) is 2.35. The van der Waals surface area contributed by atoms with Crippen molar-refractivity contribution in [3.8, 4) is 0 Å². The van der Waals surface area contributed by atoms with Crippen LogP contribution in [0.15, 0.2) is 30.9 Å². The average Bonchev–Trinajstić information content (AvgIpc) is 2.16. The van der Waals surface area contributed by atoms with Crippen LogP contribution in [-0.2, 0) is 11.2 Å². The van der Waals surface area contributed by atoms with Gasteiger partial charge in [-0.25, -0.2) is 8.78 Å². The summed E-state index contributed by atoms with van der Waals surface area (Å²) >= 11 is 0. The highest BCUT2D eigenvalue weighted by atomic mass is 19.1. The lowest BCUT2D eigenvalue weighted by Gasteiger charge is -2.07. The summed E-state index contributed by atoms with van der Waals surface area (Å²) in [4.78, 5) is 11.5. The zero-order chi connectivity index (χ0) is 12.1. The van der Waals surface area contributed by atoms with Crippen LogP contribution in [0.5, 0.6) is 0 Å². The number of carbonyl (C=O) groups excluding carboxylic acids is 1. The molecule has 0 saturated carbocycles. The third-order valence-electron chi connectivity index (χ3n) is 2.13. The first-order valence-corrected chi connectivity index (χ1v) is 4.87. The van der Waals surface area contributed by atoms with E-state index in [1.54, 1.807) is 0 Å². The lowest BCUT2D eigenvalue weighted by atomic mass is 10.0. The van der Waals surface area contributed by atoms with Gasteiger partial charge in [0.2, 0.25) is 0 Å². The van der Waals surface area contributed by atoms with Gasteiger partial charge in [-0.2, -0.15) is 0 Å². The first-order valence-electron chi connectivity index (χ1n) is 4.87. The molecular formula is C12H13F2NO. The van der Waals surface area contributed by atoms with Crippen molar-refractivity contribution in [3.05, 3.63) is 48.1 Å². The van der Waals surface area contributed by atoms with E-state index in [1.807, 2.05) is 0 Å². The molecule has 0 aliphatic carbocycles. The molecule has 0 spiro atoms. The summed E-state index contributed by atoms with van der Waals surface area (Å²) < 4.78 is 25.7. The van der Waals surface area contributed by atoms with Gasteiger partial charge in [0, 0.05) is 12.5 Å². The lowest BCUT2D eigenvalue weighted by Crippen LogP contribution is -2.31. The minimum atomic E-state index is -0.694. The molecule has 0 bridgehead atoms. The molecule has 0 aliphatic rings. The molecule has 16 heavy (non-hydrogen) atoms. The van der Waals surface area contributed by atoms with Crippen molar-refractivity contribution in [1.29, 1.82) is 0 Å². The topological polar surface area (TPSA) is 43.1 Å². The monoisotopic (exact) mass is 225 g/mol. The molecule has 1 aromatic rings. The van der Waals surface area contributed by atoms with E-state index >= 15 is 0 Å². The van der Waals surface area contributed by atoms with Gasteiger partial charge in [0.15, 0.2) is 5.78 Å². The van der Waals surface area contributed by atoms with Crippen LogP contribution in [0.25, 0.3) is 0 Å². The lowest BCUT2D eigenvalue weighted by molar-refractivity contribution is -0.119. The molecule has 0 aliphatic heterocycles. The van der Waals surface area contributed by atoms with Crippen molar-refractivity contribution in [1.82, 2.24) is 0 Å². The second-order valence-corrected chi connectivity index (χ2v) is 3.55. The molecule has 0 amide bonds. The van der Waals surface area contributed by atoms with Gasteiger partial charge in [-0.05, 0) is 24.1 Å². The number of carbonyl (C=O) groups is 1. The van der Waals surface area contributed by atoms with E-state index in [9.17, 15) is 13.6 Å². The Bertz CT molecular complexity index is 384. The fourth-order valence-corrected chi connectivity index (χ4v) is 1.36. The van der Waals surface area contributed by atoms with E-state index in [4.69, 9.17) is 5.73 Å². The van der Waals surface area contributed by atoms with Crippen LogP contribution in [0.3, 0.4) is 0 Å². The Kier molecular flexibility index (Phi) is 4.31. The fraction of sp³-hybridized carbons (Fsp3) is 0.250. The predicted molar refractivity (Wildman–Crippen MR) is 57.9 cm³/mol. The second kappa shape index (κ2) is 5.51. The number of halogens is 2. The van der Waals surface area contributed by atoms with Gasteiger partial charge >= 0.3 is 0 Å². The fourth-order valence-electron chi connectivity index (χ4n) is 1.36. The van der Waals surface area contributed by atoms with Crippen LogP contribution in [0.1, 0.15) is 12.0 Å². The molecule has 2 nitrogen and oxygen atoms in total. The maximum atomic E-state index is 12.8. The van der Waals surface area contributed by atoms with E-state index in [0.29, 0.717) is 12.0 Å². The third kappa shape index (κ3) is 3.55. The molecule has 4 heteroatoms. The molecule has 0 aromatic heterocycles. The predicted octanol–water partition coefficient (Wildman–Crippen LogP) is 1.98. The Hall–Kier alpha value is -1.55. The molecule has 1 aromatic carbocycles. The molecule has 0 fully saturated rings. The minimum absolute atomic E-state index is 0.0658. The van der Waals surface area contributed by atoms with Crippen molar-refractivity contribution in [2.45, 2.75) is 18.9 Å². The third-order valence-corrected chi connectivity index (χ3v) is 2.13. The molecule has 0 radical (unpaired) electrons. The largest absolute Gasteiger partial charge is 0.321 e. The number of hydrogen-bond donors (Lipinski definition) is 1. The van der Waals surface area contributed by atoms with Crippen molar-refractivity contribution in [2.24, 2.45) is 5.73 Å². The quantitative estimate of drug-likeness (QED) is 0.778. The van der Waals surface area contributed by atoms with Gasteiger partial charge < -0.3 is 5.73 Å². The van der Waals surface area contributed by atoms with Crippen LogP contribution < -0.4 is 5.73 Å². The van der Waals surface area contributed by atoms with Crippen LogP contribution >= 0.6 is 0 Å². The molecule has 1 atom stereocenters. The van der Waals surface area contributed by atoms with E-state index in [0.717, 1.165) is 18.2 Å². The maximum Gasteiger partial charge on any atom is 0.154 e. The Morgan fingerprint density at radius 3 is 2.44 bits per heavy atom. The van der Waals surface area contributed by atoms with Crippen LogP contribution in [-0.4, -0.2) is 11.8 Å². The normalized spacial score (nSPS) is 12.2. The molecule has 1 rings (SSSR count). The Balaban J connectivity index is 2.72. The van der Waals surface area contributed by atoms with Crippen LogP contribution in [0.4, 0.5) is 8.78 Å². The van der Waals surface area contributed by atoms with Crippen molar-refractivity contribution in [3.63, 3.8) is 0 Å². The zero-order valence-electron chi connectivity index (χ0n) is 8.75. The number of benzene rings is 1. The number of hydrogen-bond acceptors (Lipinski definition) is 2. The van der Waals surface area contributed by atoms with Gasteiger partial charge in [-0.15, -0.1) is 6.58 Å². The van der Waals surface area contributed by atoms with Gasteiger partial charge in [-0.1, -0.05) is 6.08 Å². The Labute approximate surface area is 92.8 Å². The molecule has 86 valence electrons. The summed E-state index contributed by atoms with van der Waals surface area (Å²) in [6.07, 6.45) is 1.83. The summed E-state index contributed by atoms with van der Waals surface area (Å²) in [5.74, 6) is -1.65. The summed E-state index contributed by atoms with van der Waals surface area (Å²) in [5.41, 5.74) is 5.84. The van der Waals surface area contributed by atoms with Crippen LogP contribution in [0, 0.1) is 11.6 Å². The molecule has 0 saturated heterocycles. The SMILES string of the molecule is C=CCC(N)C(=O)Cc1cc(F)cc(F)c1. The number of Topliss-reactive ketones (excluding diaryl/α,β-unsaturated/α-hetero) is 1. The second-order valence-electron chi connectivity index (χ2n) is 3.55. The summed E-state index contributed by atoms with van der Waals surface area (Å²) in [6.45, 7) is 3.47. The maximum absolute atomic E-state index is 12.8. The highest BCUT2D eigenvalue weighted by Gasteiger charge is 2.13. The van der Waals surface area contributed by atoms with E-state index in [-0.39, 0.29) is 12.2 Å². The van der Waals surface area contributed by atoms with Gasteiger partial charge in [-0.3, -0.25) is 4.79 Å². The van der Waals surface area contributed by atoms with Crippen molar-refractivity contribution in [2.75, 3.05) is 0 Å². The van der Waals surface area contributed by atoms with E-state index in [2.05, 4.69) is 6.58 Å². The molecule has 0 heterocycles. The highest BCUT2D eigenvalue weighted by molar-refractivity contribution is 5.86. The minimum Gasteiger partial charge on any atom is -0.321 e. The van der Waals surface area contributed by atoms with E-state index < -0.39 is 17.7 Å². The van der Waals surface area contributed by atoms with Crippen molar-refractivity contribution >= 4 is 5.78 Å². The number of rotatable bonds is 5. The molecule has 2 N–H and O–H groups in total. The Morgan fingerprint density at radius 2 is 1.94 bits per heavy atom. The van der Waals surface area contributed by atoms with Gasteiger partial charge in [0.25, 0.3) is 0 Å². The molecule has 1 unspecified atom stereocenters. The summed E-state index contributed by atoms with van der Waals surface area (Å²) in [7, 11) is 0. The standard InChI is InChI=1S/C12H13F2NO/c1-2-3-11(15)12(16)6-8-4-9(13)7-10(14)5-8/h2,4-5,7,11H,1,3,6,15H2. The number of nitrogens with two attached hydrogens (primary N) is 1. The van der Waals surface area contributed by atoms with Gasteiger partial charge in [0.1, 0.15) is 11.6 Å². The summed E-state index contributed by atoms with van der Waals surface area (Å²) in [5, 5.41) is 0. The average molecular weight is 225 g/mol. The number of ketones is 1. The smallest absolute Gasteiger partial charge is 0.154 e. The Morgan fingerprint density at radius 1 is 1.38 bits per heavy atom. The van der Waals surface area contributed by atoms with Crippen molar-refractivity contribution < 1.29 is 13.6 Å². The van der Waals surface area contributed by atoms with E-state index in [1.165, 1.54) is 6.08 Å². The van der Waals surface area contributed by atoms with Crippen LogP contribution in [0.2, 0.25) is 0 Å². The van der Waals surface area contributed by atoms with Gasteiger partial charge in [0.05, 0.1) is 6.04 Å². The molecular weight excluding hydrogens is 212 g/mol. The zero-order valence-corrected chi connectivity index (χ0v) is 8.75. The highest BCUT2D eigenvalue weighted by Crippen LogP contribution is 2.10. The first-order chi connectivity index (χ1) is 7.52.